The first-order valence-corrected chi connectivity index (χ1v) is 5.04. The average Bonchev–Trinajstić information content (AvgIpc) is 2.22. The highest BCUT2D eigenvalue weighted by molar-refractivity contribution is 5.58. The normalized spacial score (nSPS) is 11.5. The van der Waals surface area contributed by atoms with Gasteiger partial charge in [-0.15, -0.1) is 0 Å². The maximum atomic E-state index is 11.8. The molecule has 0 fully saturated rings. The van der Waals surface area contributed by atoms with Gasteiger partial charge in [-0.3, -0.25) is 4.79 Å². The first-order chi connectivity index (χ1) is 7.90. The number of nitrogen functional groups attached to an aromatic ring is 1. The maximum absolute atomic E-state index is 11.8. The van der Waals surface area contributed by atoms with Gasteiger partial charge < -0.3 is 16.0 Å². The topological polar surface area (TPSA) is 83.8 Å². The molecule has 0 aliphatic rings. The van der Waals surface area contributed by atoms with Gasteiger partial charge >= 0.3 is 6.18 Å². The third kappa shape index (κ3) is 4.75. The molecule has 0 aromatic carbocycles. The van der Waals surface area contributed by atoms with Crippen LogP contribution in [0.1, 0.15) is 19.3 Å². The molecule has 0 aliphatic heterocycles. The van der Waals surface area contributed by atoms with Gasteiger partial charge in [-0.2, -0.15) is 13.2 Å². The number of aromatic nitrogens is 2. The fourth-order valence-corrected chi connectivity index (χ4v) is 1.21. The van der Waals surface area contributed by atoms with Gasteiger partial charge in [-0.25, -0.2) is 4.98 Å². The molecule has 0 spiro atoms. The summed E-state index contributed by atoms with van der Waals surface area (Å²) >= 11 is 0. The molecule has 0 bridgehead atoms. The fraction of sp³-hybridized carbons (Fsp3) is 0.556. The summed E-state index contributed by atoms with van der Waals surface area (Å²) in [5.74, 6) is 0.195. The minimum atomic E-state index is -4.12. The second-order valence-electron chi connectivity index (χ2n) is 3.49. The first-order valence-electron chi connectivity index (χ1n) is 5.04. The van der Waals surface area contributed by atoms with E-state index in [1.54, 1.807) is 0 Å². The van der Waals surface area contributed by atoms with Gasteiger partial charge in [-0.05, 0) is 12.8 Å². The Kier molecular flexibility index (Phi) is 4.36. The first kappa shape index (κ1) is 13.3. The number of rotatable bonds is 5. The third-order valence-electron chi connectivity index (χ3n) is 2.07. The van der Waals surface area contributed by atoms with Crippen LogP contribution < -0.4 is 16.6 Å². The lowest BCUT2D eigenvalue weighted by Crippen LogP contribution is -2.17. The van der Waals surface area contributed by atoms with Crippen LogP contribution >= 0.6 is 0 Å². The Hall–Kier alpha value is -1.73. The van der Waals surface area contributed by atoms with Crippen LogP contribution in [0, 0.1) is 0 Å². The number of anilines is 2. The number of nitrogens with zero attached hydrogens (tertiary/aromatic N) is 1. The summed E-state index contributed by atoms with van der Waals surface area (Å²) in [6, 6.07) is 0. The minimum absolute atomic E-state index is 0.0274. The number of aromatic amines is 1. The van der Waals surface area contributed by atoms with Crippen LogP contribution in [-0.4, -0.2) is 22.7 Å². The predicted molar refractivity (Wildman–Crippen MR) is 57.7 cm³/mol. The molecule has 1 heterocycles. The molecule has 0 unspecified atom stereocenters. The van der Waals surface area contributed by atoms with Crippen LogP contribution in [0.25, 0.3) is 0 Å². The molecule has 1 aromatic heterocycles. The maximum Gasteiger partial charge on any atom is 0.389 e. The zero-order valence-corrected chi connectivity index (χ0v) is 8.97. The molecular weight excluding hydrogens is 237 g/mol. The Morgan fingerprint density at radius 3 is 2.76 bits per heavy atom. The van der Waals surface area contributed by atoms with E-state index in [4.69, 9.17) is 5.73 Å². The van der Waals surface area contributed by atoms with E-state index in [-0.39, 0.29) is 24.5 Å². The molecule has 8 heteroatoms. The Labute approximate surface area is 95.2 Å². The van der Waals surface area contributed by atoms with Crippen LogP contribution in [0.3, 0.4) is 0 Å². The van der Waals surface area contributed by atoms with Crippen LogP contribution in [0.5, 0.6) is 0 Å². The monoisotopic (exact) mass is 250 g/mol. The number of alkyl halides is 3. The van der Waals surface area contributed by atoms with E-state index in [0.717, 1.165) is 0 Å². The zero-order chi connectivity index (χ0) is 12.9. The Bertz CT molecular complexity index is 415. The minimum Gasteiger partial charge on any atom is -0.391 e. The standard InChI is InChI=1S/C9H13F3N4O/c10-9(11,12)3-1-2-4-14-7-6(13)8(17)16-5-15-7/h5H,1-4,13H2,(H2,14,15,16,17). The van der Waals surface area contributed by atoms with Gasteiger partial charge in [0, 0.05) is 13.0 Å². The summed E-state index contributed by atoms with van der Waals surface area (Å²) in [7, 11) is 0. The highest BCUT2D eigenvalue weighted by Crippen LogP contribution is 2.22. The van der Waals surface area contributed by atoms with Crippen molar-refractivity contribution in [3.05, 3.63) is 16.7 Å². The van der Waals surface area contributed by atoms with Crippen LogP contribution in [0.15, 0.2) is 11.1 Å². The summed E-state index contributed by atoms with van der Waals surface area (Å²) < 4.78 is 35.5. The highest BCUT2D eigenvalue weighted by Gasteiger charge is 2.25. The molecule has 0 amide bonds. The van der Waals surface area contributed by atoms with Crippen molar-refractivity contribution in [1.82, 2.24) is 9.97 Å². The molecule has 1 rings (SSSR count). The van der Waals surface area contributed by atoms with E-state index in [9.17, 15) is 18.0 Å². The van der Waals surface area contributed by atoms with Gasteiger partial charge in [0.25, 0.3) is 5.56 Å². The summed E-state index contributed by atoms with van der Waals surface area (Å²) in [5, 5.41) is 2.72. The molecule has 0 saturated heterocycles. The number of nitrogens with one attached hydrogen (secondary N) is 2. The molecule has 4 N–H and O–H groups in total. The second kappa shape index (κ2) is 5.55. The Morgan fingerprint density at radius 2 is 2.12 bits per heavy atom. The molecule has 0 radical (unpaired) electrons. The van der Waals surface area contributed by atoms with E-state index in [1.165, 1.54) is 6.33 Å². The number of unbranched alkanes of at least 4 members (excludes halogenated alkanes) is 1. The number of H-pyrrole nitrogens is 1. The molecule has 0 atom stereocenters. The van der Waals surface area contributed by atoms with E-state index < -0.39 is 18.2 Å². The van der Waals surface area contributed by atoms with Crippen molar-refractivity contribution in [1.29, 1.82) is 0 Å². The van der Waals surface area contributed by atoms with Crippen LogP contribution in [-0.2, 0) is 0 Å². The van der Waals surface area contributed by atoms with Crippen molar-refractivity contribution in [3.8, 4) is 0 Å². The molecule has 96 valence electrons. The summed E-state index contributed by atoms with van der Waals surface area (Å²) in [5.41, 5.74) is 4.88. The lowest BCUT2D eigenvalue weighted by atomic mass is 10.2. The van der Waals surface area contributed by atoms with Gasteiger partial charge in [-0.1, -0.05) is 0 Å². The fourth-order valence-electron chi connectivity index (χ4n) is 1.21. The van der Waals surface area contributed by atoms with Gasteiger partial charge in [0.1, 0.15) is 5.69 Å². The third-order valence-corrected chi connectivity index (χ3v) is 2.07. The molecule has 17 heavy (non-hydrogen) atoms. The van der Waals surface area contributed by atoms with Crippen molar-refractivity contribution in [2.45, 2.75) is 25.4 Å². The second-order valence-corrected chi connectivity index (χ2v) is 3.49. The number of hydrogen-bond donors (Lipinski definition) is 3. The van der Waals surface area contributed by atoms with Crippen molar-refractivity contribution in [2.75, 3.05) is 17.6 Å². The van der Waals surface area contributed by atoms with E-state index in [0.29, 0.717) is 6.42 Å². The van der Waals surface area contributed by atoms with Crippen molar-refractivity contribution >= 4 is 11.5 Å². The van der Waals surface area contributed by atoms with Gasteiger partial charge in [0.15, 0.2) is 5.82 Å². The Morgan fingerprint density at radius 1 is 1.41 bits per heavy atom. The highest BCUT2D eigenvalue weighted by atomic mass is 19.4. The quantitative estimate of drug-likeness (QED) is 0.691. The van der Waals surface area contributed by atoms with Crippen molar-refractivity contribution in [2.24, 2.45) is 0 Å². The molecule has 5 nitrogen and oxygen atoms in total. The largest absolute Gasteiger partial charge is 0.391 e. The SMILES string of the molecule is Nc1c(NCCCCC(F)(F)F)nc[nH]c1=O. The number of nitrogens with two attached hydrogens (primary N) is 1. The Balaban J connectivity index is 2.32. The average molecular weight is 250 g/mol. The van der Waals surface area contributed by atoms with Crippen molar-refractivity contribution in [3.63, 3.8) is 0 Å². The van der Waals surface area contributed by atoms with E-state index in [2.05, 4.69) is 15.3 Å². The smallest absolute Gasteiger partial charge is 0.389 e. The summed E-state index contributed by atoms with van der Waals surface area (Å²) in [6.07, 6.45) is -3.40. The lowest BCUT2D eigenvalue weighted by Gasteiger charge is -2.08. The number of halogens is 3. The van der Waals surface area contributed by atoms with Gasteiger partial charge in [0.05, 0.1) is 6.33 Å². The lowest BCUT2D eigenvalue weighted by molar-refractivity contribution is -0.135. The van der Waals surface area contributed by atoms with Crippen molar-refractivity contribution < 1.29 is 13.2 Å². The van der Waals surface area contributed by atoms with E-state index in [1.807, 2.05) is 0 Å². The molecular formula is C9H13F3N4O. The zero-order valence-electron chi connectivity index (χ0n) is 8.97. The summed E-state index contributed by atoms with van der Waals surface area (Å²) in [4.78, 5) is 17.1. The molecule has 0 saturated carbocycles. The number of hydrogen-bond acceptors (Lipinski definition) is 4. The summed E-state index contributed by atoms with van der Waals surface area (Å²) in [6.45, 7) is 0.288. The molecule has 0 aliphatic carbocycles. The van der Waals surface area contributed by atoms with Crippen LogP contribution in [0.4, 0.5) is 24.7 Å². The van der Waals surface area contributed by atoms with Crippen LogP contribution in [0.2, 0.25) is 0 Å². The van der Waals surface area contributed by atoms with Gasteiger partial charge in [0.2, 0.25) is 0 Å². The van der Waals surface area contributed by atoms with E-state index >= 15 is 0 Å². The molecule has 1 aromatic rings. The predicted octanol–water partition coefficient (Wildman–Crippen LogP) is 1.50.